The number of nitrogens with zero attached hydrogens (tertiary/aromatic N) is 4. The van der Waals surface area contributed by atoms with Crippen molar-refractivity contribution >= 4 is 11.3 Å². The molecule has 2 heterocycles. The van der Waals surface area contributed by atoms with Gasteiger partial charge in [-0.2, -0.15) is 4.68 Å². The van der Waals surface area contributed by atoms with Crippen LogP contribution in [0.2, 0.25) is 0 Å². The summed E-state index contributed by atoms with van der Waals surface area (Å²) in [5.41, 5.74) is 7.21. The van der Waals surface area contributed by atoms with Crippen molar-refractivity contribution in [1.29, 1.82) is 0 Å². The van der Waals surface area contributed by atoms with Crippen molar-refractivity contribution in [3.05, 3.63) is 47.2 Å². The summed E-state index contributed by atoms with van der Waals surface area (Å²) >= 11 is 1.47. The number of benzene rings is 1. The highest BCUT2D eigenvalue weighted by Crippen LogP contribution is 2.21. The van der Waals surface area contributed by atoms with Gasteiger partial charge in [-0.1, -0.05) is 11.3 Å². The van der Waals surface area contributed by atoms with E-state index in [4.69, 9.17) is 15.2 Å². The van der Waals surface area contributed by atoms with Crippen LogP contribution in [0.3, 0.4) is 0 Å². The first kappa shape index (κ1) is 14.5. The first-order valence-electron chi connectivity index (χ1n) is 6.62. The number of aromatic nitrogens is 4. The smallest absolute Gasteiger partial charge is 0.212 e. The van der Waals surface area contributed by atoms with Gasteiger partial charge in [0, 0.05) is 24.2 Å². The van der Waals surface area contributed by atoms with E-state index in [2.05, 4.69) is 15.3 Å². The predicted molar refractivity (Wildman–Crippen MR) is 82.2 cm³/mol. The van der Waals surface area contributed by atoms with E-state index in [1.807, 2.05) is 29.6 Å². The van der Waals surface area contributed by atoms with Gasteiger partial charge in [-0.05, 0) is 12.1 Å². The number of thiazole rings is 1. The lowest BCUT2D eigenvalue weighted by molar-refractivity contribution is 0.294. The zero-order chi connectivity index (χ0) is 15.4. The van der Waals surface area contributed by atoms with Crippen LogP contribution in [0, 0.1) is 0 Å². The van der Waals surface area contributed by atoms with Gasteiger partial charge < -0.3 is 15.2 Å². The van der Waals surface area contributed by atoms with E-state index in [0.29, 0.717) is 24.6 Å². The minimum absolute atomic E-state index is 0.294. The molecule has 2 aromatic heterocycles. The maximum absolute atomic E-state index is 5.81. The molecule has 8 heteroatoms. The van der Waals surface area contributed by atoms with Crippen LogP contribution in [0.15, 0.2) is 35.8 Å². The van der Waals surface area contributed by atoms with Crippen molar-refractivity contribution in [3.8, 4) is 16.6 Å². The van der Waals surface area contributed by atoms with E-state index in [-0.39, 0.29) is 0 Å². The normalized spacial score (nSPS) is 10.6. The monoisotopic (exact) mass is 317 g/mol. The van der Waals surface area contributed by atoms with Gasteiger partial charge in [0.25, 0.3) is 0 Å². The van der Waals surface area contributed by atoms with Crippen LogP contribution in [0.4, 0.5) is 0 Å². The molecule has 0 fully saturated rings. The highest BCUT2D eigenvalue weighted by atomic mass is 32.1. The molecule has 7 nitrogen and oxygen atoms in total. The fourth-order valence-corrected chi connectivity index (χ4v) is 2.56. The molecule has 0 bridgehead atoms. The van der Waals surface area contributed by atoms with Crippen LogP contribution >= 0.6 is 11.3 Å². The summed E-state index contributed by atoms with van der Waals surface area (Å²) in [7, 11) is 1.62. The number of methoxy groups -OCH3 is 1. The zero-order valence-electron chi connectivity index (χ0n) is 12.0. The second-order valence-corrected chi connectivity index (χ2v) is 5.25. The Morgan fingerprint density at radius 2 is 2.18 bits per heavy atom. The van der Waals surface area contributed by atoms with Crippen LogP contribution in [0.5, 0.6) is 11.5 Å². The quantitative estimate of drug-likeness (QED) is 0.745. The fraction of sp³-hybridized carbons (Fsp3) is 0.214. The first-order chi connectivity index (χ1) is 10.8. The Morgan fingerprint density at radius 1 is 1.32 bits per heavy atom. The third kappa shape index (κ3) is 2.92. The number of rotatable bonds is 6. The maximum Gasteiger partial charge on any atom is 0.212 e. The number of nitrogens with two attached hydrogens (primary N) is 1. The lowest BCUT2D eigenvalue weighted by Gasteiger charge is -2.09. The fourth-order valence-electron chi connectivity index (χ4n) is 1.95. The van der Waals surface area contributed by atoms with Gasteiger partial charge >= 0.3 is 0 Å². The highest BCUT2D eigenvalue weighted by Gasteiger charge is 2.15. The molecule has 0 unspecified atom stereocenters. The van der Waals surface area contributed by atoms with Crippen molar-refractivity contribution in [2.45, 2.75) is 13.2 Å². The summed E-state index contributed by atoms with van der Waals surface area (Å²) in [4.78, 5) is 4.24. The molecule has 2 N–H and O–H groups in total. The summed E-state index contributed by atoms with van der Waals surface area (Å²) in [6.45, 7) is 0.592. The van der Waals surface area contributed by atoms with Crippen molar-refractivity contribution < 1.29 is 9.47 Å². The number of ether oxygens (including phenoxy) is 2. The molecule has 3 aromatic rings. The largest absolute Gasteiger partial charge is 0.497 e. The molecular weight excluding hydrogens is 302 g/mol. The Kier molecular flexibility index (Phi) is 4.31. The van der Waals surface area contributed by atoms with E-state index in [1.165, 1.54) is 11.3 Å². The first-order valence-corrected chi connectivity index (χ1v) is 7.50. The molecule has 0 aliphatic rings. The zero-order valence-corrected chi connectivity index (χ0v) is 12.8. The molecule has 0 saturated heterocycles. The van der Waals surface area contributed by atoms with Gasteiger partial charge in [0.2, 0.25) is 5.13 Å². The Bertz CT molecular complexity index is 742. The van der Waals surface area contributed by atoms with E-state index in [9.17, 15) is 0 Å². The summed E-state index contributed by atoms with van der Waals surface area (Å²) in [5, 5.41) is 10.8. The minimum atomic E-state index is 0.294. The molecule has 0 radical (unpaired) electrons. The lowest BCUT2D eigenvalue weighted by Crippen LogP contribution is -2.09. The predicted octanol–water partition coefficient (Wildman–Crippen LogP) is 1.77. The lowest BCUT2D eigenvalue weighted by atomic mass is 10.3. The van der Waals surface area contributed by atoms with Crippen LogP contribution < -0.4 is 15.2 Å². The van der Waals surface area contributed by atoms with Crippen LogP contribution in [0.25, 0.3) is 5.13 Å². The van der Waals surface area contributed by atoms with Gasteiger partial charge in [-0.15, -0.1) is 16.4 Å². The minimum Gasteiger partial charge on any atom is -0.497 e. The number of hydrogen-bond donors (Lipinski definition) is 1. The average Bonchev–Trinajstić information content (AvgIpc) is 3.21. The van der Waals surface area contributed by atoms with E-state index >= 15 is 0 Å². The second-order valence-electron chi connectivity index (χ2n) is 4.38. The molecule has 3 rings (SSSR count). The van der Waals surface area contributed by atoms with Crippen LogP contribution in [0.1, 0.15) is 11.4 Å². The van der Waals surface area contributed by atoms with Crippen molar-refractivity contribution in [3.63, 3.8) is 0 Å². The Morgan fingerprint density at radius 3 is 2.91 bits per heavy atom. The SMILES string of the molecule is COc1cccc(OCc2c(CN)nnn2-c2nccs2)c1. The van der Waals surface area contributed by atoms with Crippen LogP contribution in [-0.4, -0.2) is 27.1 Å². The van der Waals surface area contributed by atoms with Gasteiger partial charge in [0.15, 0.2) is 0 Å². The molecule has 1 aromatic carbocycles. The molecule has 0 atom stereocenters. The molecule has 22 heavy (non-hydrogen) atoms. The maximum atomic E-state index is 5.81. The topological polar surface area (TPSA) is 88.1 Å². The van der Waals surface area contributed by atoms with E-state index in [1.54, 1.807) is 18.0 Å². The van der Waals surface area contributed by atoms with Crippen molar-refractivity contribution in [2.75, 3.05) is 7.11 Å². The van der Waals surface area contributed by atoms with Crippen molar-refractivity contribution in [1.82, 2.24) is 20.0 Å². The van der Waals surface area contributed by atoms with E-state index < -0.39 is 0 Å². The van der Waals surface area contributed by atoms with Gasteiger partial charge in [0.1, 0.15) is 29.5 Å². The van der Waals surface area contributed by atoms with E-state index in [0.717, 1.165) is 16.6 Å². The molecule has 114 valence electrons. The Balaban J connectivity index is 1.83. The third-order valence-corrected chi connectivity index (χ3v) is 3.80. The van der Waals surface area contributed by atoms with Gasteiger partial charge in [0.05, 0.1) is 7.11 Å². The van der Waals surface area contributed by atoms with Gasteiger partial charge in [-0.3, -0.25) is 0 Å². The number of hydrogen-bond acceptors (Lipinski definition) is 7. The molecule has 0 aliphatic carbocycles. The second kappa shape index (κ2) is 6.54. The molecule has 0 saturated carbocycles. The van der Waals surface area contributed by atoms with Crippen LogP contribution in [-0.2, 0) is 13.2 Å². The van der Waals surface area contributed by atoms with Crippen molar-refractivity contribution in [2.24, 2.45) is 5.73 Å². The van der Waals surface area contributed by atoms with Gasteiger partial charge in [-0.25, -0.2) is 4.98 Å². The summed E-state index contributed by atoms with van der Waals surface area (Å²) < 4.78 is 12.7. The molecular formula is C14H15N5O2S. The third-order valence-electron chi connectivity index (χ3n) is 3.05. The Labute approximate surface area is 131 Å². The highest BCUT2D eigenvalue weighted by molar-refractivity contribution is 7.12. The molecule has 0 aliphatic heterocycles. The summed E-state index contributed by atoms with van der Waals surface area (Å²) in [6, 6.07) is 7.41. The molecule has 0 amide bonds. The summed E-state index contributed by atoms with van der Waals surface area (Å²) in [5.74, 6) is 1.44. The average molecular weight is 317 g/mol. The Hall–Kier alpha value is -2.45. The standard InChI is InChI=1S/C14H15N5O2S/c1-20-10-3-2-4-11(7-10)21-9-13-12(8-15)17-18-19(13)14-16-5-6-22-14/h2-7H,8-9,15H2,1H3. The molecule has 0 spiro atoms. The summed E-state index contributed by atoms with van der Waals surface area (Å²) in [6.07, 6.45) is 1.72.